The Kier molecular flexibility index (Phi) is 3.25. The molecule has 0 aliphatic rings. The molecule has 0 bridgehead atoms. The summed E-state index contributed by atoms with van der Waals surface area (Å²) in [6, 6.07) is 6.09. The monoisotopic (exact) mass is 266 g/mol. The summed E-state index contributed by atoms with van der Waals surface area (Å²) in [6.07, 6.45) is -2.41. The van der Waals surface area contributed by atoms with Crippen LogP contribution in [0.1, 0.15) is 15.9 Å². The van der Waals surface area contributed by atoms with Gasteiger partial charge in [-0.2, -0.15) is 13.2 Å². The molecule has 0 atom stereocenters. The van der Waals surface area contributed by atoms with Gasteiger partial charge in [0.1, 0.15) is 5.82 Å². The van der Waals surface area contributed by atoms with E-state index >= 15 is 0 Å². The van der Waals surface area contributed by atoms with Gasteiger partial charge in [0.15, 0.2) is 6.29 Å². The van der Waals surface area contributed by atoms with E-state index in [2.05, 4.69) is 4.98 Å². The fourth-order valence-electron chi connectivity index (χ4n) is 1.60. The first-order valence-corrected chi connectivity index (χ1v) is 5.30. The first kappa shape index (κ1) is 13.1. The minimum atomic E-state index is -4.37. The molecule has 1 aromatic heterocycles. The largest absolute Gasteiger partial charge is 0.416 e. The lowest BCUT2D eigenvalue weighted by atomic mass is 10.0. The highest BCUT2D eigenvalue weighted by atomic mass is 19.4. The molecule has 19 heavy (non-hydrogen) atoms. The Labute approximate surface area is 106 Å². The molecule has 0 radical (unpaired) electrons. The summed E-state index contributed by atoms with van der Waals surface area (Å²) < 4.78 is 37.3. The molecule has 0 amide bonds. The van der Waals surface area contributed by atoms with E-state index in [9.17, 15) is 18.0 Å². The summed E-state index contributed by atoms with van der Waals surface area (Å²) in [7, 11) is 0. The van der Waals surface area contributed by atoms with Crippen LogP contribution in [0.25, 0.3) is 11.1 Å². The van der Waals surface area contributed by atoms with E-state index in [0.29, 0.717) is 17.4 Å². The summed E-state index contributed by atoms with van der Waals surface area (Å²) in [5.41, 5.74) is 6.01. The molecule has 2 rings (SSSR count). The SMILES string of the molecule is Nc1ncc(-c2ccc(C(F)(F)F)cc2)cc1C=O. The Hall–Kier alpha value is -2.37. The number of hydrogen-bond acceptors (Lipinski definition) is 3. The zero-order valence-corrected chi connectivity index (χ0v) is 9.61. The van der Waals surface area contributed by atoms with Crippen LogP contribution in [0.3, 0.4) is 0 Å². The summed E-state index contributed by atoms with van der Waals surface area (Å²) in [5.74, 6) is 0.0886. The van der Waals surface area contributed by atoms with E-state index in [1.165, 1.54) is 24.4 Å². The number of rotatable bonds is 2. The van der Waals surface area contributed by atoms with E-state index in [0.717, 1.165) is 12.1 Å². The molecular formula is C13H9F3N2O. The van der Waals surface area contributed by atoms with Crippen molar-refractivity contribution < 1.29 is 18.0 Å². The Balaban J connectivity index is 2.40. The van der Waals surface area contributed by atoms with Crippen molar-refractivity contribution in [2.24, 2.45) is 0 Å². The number of nitrogen functional groups attached to an aromatic ring is 1. The molecule has 0 saturated carbocycles. The van der Waals surface area contributed by atoms with Crippen molar-refractivity contribution in [1.29, 1.82) is 0 Å². The van der Waals surface area contributed by atoms with Gasteiger partial charge in [0, 0.05) is 11.8 Å². The zero-order valence-electron chi connectivity index (χ0n) is 9.61. The van der Waals surface area contributed by atoms with Crippen molar-refractivity contribution in [3.8, 4) is 11.1 Å². The Morgan fingerprint density at radius 1 is 1.11 bits per heavy atom. The number of aldehydes is 1. The number of carbonyl (C=O) groups is 1. The van der Waals surface area contributed by atoms with Crippen LogP contribution in [0.2, 0.25) is 0 Å². The topological polar surface area (TPSA) is 56.0 Å². The maximum absolute atomic E-state index is 12.4. The minimum Gasteiger partial charge on any atom is -0.383 e. The molecule has 0 saturated heterocycles. The van der Waals surface area contributed by atoms with Gasteiger partial charge < -0.3 is 5.73 Å². The molecule has 0 fully saturated rings. The number of pyridine rings is 1. The highest BCUT2D eigenvalue weighted by molar-refractivity contribution is 5.84. The number of alkyl halides is 3. The van der Waals surface area contributed by atoms with Gasteiger partial charge in [-0.25, -0.2) is 4.98 Å². The van der Waals surface area contributed by atoms with Crippen LogP contribution in [0.5, 0.6) is 0 Å². The fraction of sp³-hybridized carbons (Fsp3) is 0.0769. The first-order valence-electron chi connectivity index (χ1n) is 5.30. The average Bonchev–Trinajstić information content (AvgIpc) is 2.38. The number of carbonyl (C=O) groups excluding carboxylic acids is 1. The van der Waals surface area contributed by atoms with Crippen LogP contribution in [0.4, 0.5) is 19.0 Å². The summed E-state index contributed by atoms with van der Waals surface area (Å²) in [4.78, 5) is 14.5. The summed E-state index contributed by atoms with van der Waals surface area (Å²) in [6.45, 7) is 0. The van der Waals surface area contributed by atoms with E-state index in [1.807, 2.05) is 0 Å². The van der Waals surface area contributed by atoms with Gasteiger partial charge in [0.25, 0.3) is 0 Å². The number of nitrogens with zero attached hydrogens (tertiary/aromatic N) is 1. The van der Waals surface area contributed by atoms with Gasteiger partial charge >= 0.3 is 6.18 Å². The second kappa shape index (κ2) is 4.72. The molecule has 2 aromatic rings. The predicted molar refractivity (Wildman–Crippen MR) is 64.5 cm³/mol. The number of aromatic nitrogens is 1. The number of halogens is 3. The lowest BCUT2D eigenvalue weighted by molar-refractivity contribution is -0.137. The van der Waals surface area contributed by atoms with Gasteiger partial charge in [-0.05, 0) is 23.8 Å². The van der Waals surface area contributed by atoms with Gasteiger partial charge in [0.05, 0.1) is 11.1 Å². The summed E-state index contributed by atoms with van der Waals surface area (Å²) >= 11 is 0. The van der Waals surface area contributed by atoms with Gasteiger partial charge in [-0.3, -0.25) is 4.79 Å². The van der Waals surface area contributed by atoms with Crippen molar-refractivity contribution in [3.63, 3.8) is 0 Å². The Bertz CT molecular complexity index is 606. The molecule has 0 aliphatic carbocycles. The summed E-state index contributed by atoms with van der Waals surface area (Å²) in [5, 5.41) is 0. The molecule has 6 heteroatoms. The van der Waals surface area contributed by atoms with Crippen LogP contribution in [0, 0.1) is 0 Å². The van der Waals surface area contributed by atoms with Crippen LogP contribution < -0.4 is 5.73 Å². The Morgan fingerprint density at radius 3 is 2.26 bits per heavy atom. The average molecular weight is 266 g/mol. The van der Waals surface area contributed by atoms with Crippen LogP contribution in [-0.2, 0) is 6.18 Å². The number of anilines is 1. The highest BCUT2D eigenvalue weighted by Gasteiger charge is 2.29. The second-order valence-corrected chi connectivity index (χ2v) is 3.89. The van der Waals surface area contributed by atoms with Crippen molar-refractivity contribution in [3.05, 3.63) is 47.7 Å². The molecule has 0 aliphatic heterocycles. The van der Waals surface area contributed by atoms with E-state index in [-0.39, 0.29) is 11.4 Å². The smallest absolute Gasteiger partial charge is 0.383 e. The lowest BCUT2D eigenvalue weighted by Crippen LogP contribution is -2.04. The van der Waals surface area contributed by atoms with Crippen molar-refractivity contribution in [1.82, 2.24) is 4.98 Å². The van der Waals surface area contributed by atoms with Crippen LogP contribution in [0.15, 0.2) is 36.5 Å². The van der Waals surface area contributed by atoms with Gasteiger partial charge in [0.2, 0.25) is 0 Å². The van der Waals surface area contributed by atoms with E-state index in [4.69, 9.17) is 5.73 Å². The van der Waals surface area contributed by atoms with E-state index < -0.39 is 11.7 Å². The first-order chi connectivity index (χ1) is 8.91. The third-order valence-corrected chi connectivity index (χ3v) is 2.62. The molecule has 98 valence electrons. The molecule has 0 spiro atoms. The lowest BCUT2D eigenvalue weighted by Gasteiger charge is -2.08. The van der Waals surface area contributed by atoms with Crippen molar-refractivity contribution in [2.75, 3.05) is 5.73 Å². The molecule has 1 aromatic carbocycles. The normalized spacial score (nSPS) is 11.3. The van der Waals surface area contributed by atoms with Crippen LogP contribution in [-0.4, -0.2) is 11.3 Å². The number of benzene rings is 1. The zero-order chi connectivity index (χ0) is 14.0. The third-order valence-electron chi connectivity index (χ3n) is 2.62. The molecule has 1 heterocycles. The predicted octanol–water partition coefficient (Wildman–Crippen LogP) is 3.16. The maximum Gasteiger partial charge on any atom is 0.416 e. The quantitative estimate of drug-likeness (QED) is 0.849. The number of nitrogens with two attached hydrogens (primary N) is 1. The molecule has 3 nitrogen and oxygen atoms in total. The van der Waals surface area contributed by atoms with Crippen molar-refractivity contribution in [2.45, 2.75) is 6.18 Å². The minimum absolute atomic E-state index is 0.0886. The number of hydrogen-bond donors (Lipinski definition) is 1. The molecule has 2 N–H and O–H groups in total. The standard InChI is InChI=1S/C13H9F3N2O/c14-13(15,16)11-3-1-8(2-4-11)9-5-10(7-19)12(17)18-6-9/h1-7H,(H2,17,18). The van der Waals surface area contributed by atoms with Crippen LogP contribution >= 0.6 is 0 Å². The second-order valence-electron chi connectivity index (χ2n) is 3.89. The molecule has 0 unspecified atom stereocenters. The highest BCUT2D eigenvalue weighted by Crippen LogP contribution is 2.31. The van der Waals surface area contributed by atoms with Gasteiger partial charge in [-0.15, -0.1) is 0 Å². The fourth-order valence-corrected chi connectivity index (χ4v) is 1.60. The van der Waals surface area contributed by atoms with Crippen molar-refractivity contribution >= 4 is 12.1 Å². The Morgan fingerprint density at radius 2 is 1.74 bits per heavy atom. The third kappa shape index (κ3) is 2.73. The maximum atomic E-state index is 12.4. The van der Waals surface area contributed by atoms with E-state index in [1.54, 1.807) is 0 Å². The molecular weight excluding hydrogens is 257 g/mol. The van der Waals surface area contributed by atoms with Gasteiger partial charge in [-0.1, -0.05) is 12.1 Å².